The highest BCUT2D eigenvalue weighted by Crippen LogP contribution is 2.43. The maximum Gasteiger partial charge on any atom is 0.0632 e. The average molecular weight is 264 g/mol. The highest BCUT2D eigenvalue weighted by molar-refractivity contribution is 7.38. The third-order valence-electron chi connectivity index (χ3n) is 2.70. The fourth-order valence-corrected chi connectivity index (χ4v) is 5.70. The van der Waals surface area contributed by atoms with Gasteiger partial charge in [0.1, 0.15) is 0 Å². The number of allylic oxidation sites excluding steroid dienone is 2. The highest BCUT2D eigenvalue weighted by Gasteiger charge is 2.12. The third kappa shape index (κ3) is 1.54. The summed E-state index contributed by atoms with van der Waals surface area (Å²) in [6.45, 7) is 4.35. The average Bonchev–Trinajstić information content (AvgIpc) is 2.87. The molecule has 16 heavy (non-hydrogen) atoms. The molecule has 0 saturated heterocycles. The second-order valence-corrected chi connectivity index (χ2v) is 6.96. The molecule has 0 radical (unpaired) electrons. The maximum atomic E-state index is 2.36. The molecule has 1 atom stereocenters. The van der Waals surface area contributed by atoms with Gasteiger partial charge in [0.25, 0.3) is 0 Å². The summed E-state index contributed by atoms with van der Waals surface area (Å²) in [5.74, 6) is 0.546. The number of fused-ring (bicyclic) bond motifs is 3. The molecule has 82 valence electrons. The normalized spacial score (nSPS) is 14.4. The Balaban J connectivity index is 2.18. The van der Waals surface area contributed by atoms with Gasteiger partial charge in [0.05, 0.1) is 9.40 Å². The molecule has 0 unspecified atom stereocenters. The summed E-state index contributed by atoms with van der Waals surface area (Å²) in [5.41, 5.74) is 0. The van der Waals surface area contributed by atoms with E-state index in [1.165, 1.54) is 23.7 Å². The summed E-state index contributed by atoms with van der Waals surface area (Å²) < 4.78 is 5.86. The van der Waals surface area contributed by atoms with Gasteiger partial charge in [0.15, 0.2) is 0 Å². The molecule has 3 heteroatoms. The van der Waals surface area contributed by atoms with Gasteiger partial charge in [-0.15, -0.1) is 34.0 Å². The minimum absolute atomic E-state index is 0.546. The Morgan fingerprint density at radius 2 is 2.06 bits per heavy atom. The number of hydrogen-bond acceptors (Lipinski definition) is 3. The minimum atomic E-state index is 0.546. The van der Waals surface area contributed by atoms with Crippen molar-refractivity contribution in [3.63, 3.8) is 0 Å². The molecule has 3 aromatic heterocycles. The topological polar surface area (TPSA) is 0 Å². The summed E-state index contributed by atoms with van der Waals surface area (Å²) in [4.78, 5) is 1.48. The number of rotatable bonds is 2. The van der Waals surface area contributed by atoms with E-state index in [1.54, 1.807) is 0 Å². The predicted molar refractivity (Wildman–Crippen MR) is 78.3 cm³/mol. The van der Waals surface area contributed by atoms with E-state index < -0.39 is 0 Å². The van der Waals surface area contributed by atoms with Crippen molar-refractivity contribution in [2.75, 3.05) is 0 Å². The van der Waals surface area contributed by atoms with Crippen molar-refractivity contribution in [3.8, 4) is 0 Å². The molecule has 0 amide bonds. The lowest BCUT2D eigenvalue weighted by Crippen LogP contribution is -1.81. The van der Waals surface area contributed by atoms with Crippen LogP contribution in [0.4, 0.5) is 0 Å². The smallest absolute Gasteiger partial charge is 0.0632 e. The molecule has 3 rings (SSSR count). The quantitative estimate of drug-likeness (QED) is 0.509. The van der Waals surface area contributed by atoms with Crippen molar-refractivity contribution < 1.29 is 0 Å². The zero-order valence-electron chi connectivity index (χ0n) is 9.19. The van der Waals surface area contributed by atoms with Gasteiger partial charge >= 0.3 is 0 Å². The molecule has 0 saturated carbocycles. The summed E-state index contributed by atoms with van der Waals surface area (Å²) in [6, 6.07) is 4.59. The van der Waals surface area contributed by atoms with Crippen molar-refractivity contribution >= 4 is 52.8 Å². The van der Waals surface area contributed by atoms with Crippen LogP contribution < -0.4 is 0 Å². The maximum absolute atomic E-state index is 2.36. The molecule has 3 heterocycles. The van der Waals surface area contributed by atoms with Crippen molar-refractivity contribution in [2.24, 2.45) is 0 Å². The summed E-state index contributed by atoms with van der Waals surface area (Å²) in [6.07, 6.45) is 4.40. The van der Waals surface area contributed by atoms with Crippen LogP contribution >= 0.6 is 34.0 Å². The molecular formula is C13H12S3. The number of hydrogen-bond donors (Lipinski definition) is 0. The third-order valence-corrected chi connectivity index (χ3v) is 6.48. The lowest BCUT2D eigenvalue weighted by molar-refractivity contribution is 0.996. The first-order valence-corrected chi connectivity index (χ1v) is 7.83. The van der Waals surface area contributed by atoms with Gasteiger partial charge in [-0.2, -0.15) is 0 Å². The Hall–Kier alpha value is -0.640. The van der Waals surface area contributed by atoms with Crippen LogP contribution in [0.25, 0.3) is 18.8 Å². The van der Waals surface area contributed by atoms with E-state index in [-0.39, 0.29) is 0 Å². The van der Waals surface area contributed by atoms with Crippen LogP contribution in [0.15, 0.2) is 29.7 Å². The highest BCUT2D eigenvalue weighted by atomic mass is 32.1. The van der Waals surface area contributed by atoms with Gasteiger partial charge in [-0.05, 0) is 24.4 Å². The van der Waals surface area contributed by atoms with Crippen LogP contribution in [0.5, 0.6) is 0 Å². The summed E-state index contributed by atoms with van der Waals surface area (Å²) in [7, 11) is 0. The predicted octanol–water partition coefficient (Wildman–Crippen LogP) is 5.86. The van der Waals surface area contributed by atoms with Crippen LogP contribution in [0.1, 0.15) is 24.6 Å². The Bertz CT molecular complexity index is 651. The molecule has 0 N–H and O–H groups in total. The van der Waals surface area contributed by atoms with Gasteiger partial charge in [-0.25, -0.2) is 0 Å². The van der Waals surface area contributed by atoms with Gasteiger partial charge in [-0.1, -0.05) is 19.1 Å². The zero-order valence-corrected chi connectivity index (χ0v) is 11.6. The molecule has 0 aliphatic carbocycles. The van der Waals surface area contributed by atoms with E-state index in [0.717, 1.165) is 0 Å². The number of thiophene rings is 3. The fourth-order valence-electron chi connectivity index (χ4n) is 1.90. The second-order valence-electron chi connectivity index (χ2n) is 3.87. The molecule has 0 nitrogen and oxygen atoms in total. The van der Waals surface area contributed by atoms with Crippen molar-refractivity contribution in [2.45, 2.75) is 19.8 Å². The Labute approximate surface area is 107 Å². The summed E-state index contributed by atoms with van der Waals surface area (Å²) in [5, 5.41) is 2.19. The lowest BCUT2D eigenvalue weighted by atomic mass is 10.1. The first-order chi connectivity index (χ1) is 7.79. The molecular weight excluding hydrogens is 252 g/mol. The molecule has 0 fully saturated rings. The molecule has 0 aliphatic rings. The van der Waals surface area contributed by atoms with Crippen LogP contribution in [0.2, 0.25) is 0 Å². The molecule has 0 bridgehead atoms. The molecule has 0 aromatic carbocycles. The Kier molecular flexibility index (Phi) is 2.62. The Morgan fingerprint density at radius 3 is 2.88 bits per heavy atom. The monoisotopic (exact) mass is 264 g/mol. The zero-order chi connectivity index (χ0) is 11.1. The Morgan fingerprint density at radius 1 is 1.19 bits per heavy atom. The van der Waals surface area contributed by atoms with Crippen LogP contribution in [-0.2, 0) is 0 Å². The SMILES string of the molecule is C/C=C/[C@H](C)c1cc2sc3ccsc3c2s1. The largest absolute Gasteiger partial charge is 0.141 e. The van der Waals surface area contributed by atoms with E-state index in [4.69, 9.17) is 0 Å². The van der Waals surface area contributed by atoms with E-state index >= 15 is 0 Å². The second kappa shape index (κ2) is 3.99. The van der Waals surface area contributed by atoms with Gasteiger partial charge in [-0.3, -0.25) is 0 Å². The van der Waals surface area contributed by atoms with Crippen LogP contribution in [-0.4, -0.2) is 0 Å². The van der Waals surface area contributed by atoms with E-state index in [2.05, 4.69) is 43.5 Å². The molecule has 3 aromatic rings. The van der Waals surface area contributed by atoms with Gasteiger partial charge < -0.3 is 0 Å². The van der Waals surface area contributed by atoms with Crippen molar-refractivity contribution in [3.05, 3.63) is 34.5 Å². The first kappa shape index (κ1) is 10.5. The summed E-state index contributed by atoms with van der Waals surface area (Å²) >= 11 is 5.74. The fraction of sp³-hybridized carbons (Fsp3) is 0.231. The minimum Gasteiger partial charge on any atom is -0.141 e. The standard InChI is InChI=1S/C13H12S3/c1-3-4-8(2)10-7-11-13(16-10)12-9(15-11)5-6-14-12/h3-8H,1-2H3/b4-3+/t8-/m0/s1. The molecule has 0 spiro atoms. The van der Waals surface area contributed by atoms with Gasteiger partial charge in [0, 0.05) is 20.2 Å². The van der Waals surface area contributed by atoms with Crippen LogP contribution in [0.3, 0.4) is 0 Å². The molecule has 0 aliphatic heterocycles. The van der Waals surface area contributed by atoms with E-state index in [0.29, 0.717) is 5.92 Å². The van der Waals surface area contributed by atoms with Crippen LogP contribution in [0, 0.1) is 0 Å². The van der Waals surface area contributed by atoms with Crippen molar-refractivity contribution in [1.82, 2.24) is 0 Å². The lowest BCUT2D eigenvalue weighted by Gasteiger charge is -2.00. The first-order valence-electron chi connectivity index (χ1n) is 5.32. The van der Waals surface area contributed by atoms with Crippen molar-refractivity contribution in [1.29, 1.82) is 0 Å². The van der Waals surface area contributed by atoms with E-state index in [1.807, 2.05) is 34.0 Å². The van der Waals surface area contributed by atoms with Gasteiger partial charge in [0.2, 0.25) is 0 Å². The van der Waals surface area contributed by atoms with E-state index in [9.17, 15) is 0 Å².